The molecule has 5 heteroatoms. The van der Waals surface area contributed by atoms with Crippen molar-refractivity contribution in [2.75, 3.05) is 6.61 Å². The van der Waals surface area contributed by atoms with Crippen LogP contribution in [0.5, 0.6) is 0 Å². The van der Waals surface area contributed by atoms with Crippen LogP contribution in [0.1, 0.15) is 64.4 Å². The smallest absolute Gasteiger partial charge is 0.313 e. The van der Waals surface area contributed by atoms with Crippen LogP contribution in [0.4, 0.5) is 0 Å². The van der Waals surface area contributed by atoms with Gasteiger partial charge >= 0.3 is 5.97 Å². The van der Waals surface area contributed by atoms with Crippen molar-refractivity contribution in [3.05, 3.63) is 35.9 Å². The van der Waals surface area contributed by atoms with Crippen molar-refractivity contribution in [1.82, 2.24) is 6.15 Å². The lowest BCUT2D eigenvalue weighted by Gasteiger charge is -2.32. The third-order valence-electron chi connectivity index (χ3n) is 4.24. The zero-order valence-electron chi connectivity index (χ0n) is 14.9. The maximum absolute atomic E-state index is 12.6. The standard InChI is InChI=1S/C18H28O3.HI.H3N/c1-4-10-16(15-11-8-7-9-12-15)17(20)21-18(5-2,6-3)13-14-19;;/h7-9,11-12,16,19H,4-6,10,13-14H2,1-3H3;1H;1H3/p+1. The molecule has 4 nitrogen and oxygen atoms in total. The van der Waals surface area contributed by atoms with Gasteiger partial charge in [-0.05, 0) is 24.8 Å². The molecule has 134 valence electrons. The molecule has 5 N–H and O–H groups in total. The van der Waals surface area contributed by atoms with Gasteiger partial charge in [-0.15, -0.1) is 24.0 Å². The number of hydrogen-bond acceptors (Lipinski definition) is 3. The molecule has 0 bridgehead atoms. The molecule has 23 heavy (non-hydrogen) atoms. The van der Waals surface area contributed by atoms with Gasteiger partial charge in [-0.25, -0.2) is 0 Å². The summed E-state index contributed by atoms with van der Waals surface area (Å²) in [6, 6.07) is 9.81. The SMILES string of the molecule is CCCC(C(=O)OC(CC)(CC)CCO)c1ccccc1.I.[NH4+]. The molecule has 0 spiro atoms. The van der Waals surface area contributed by atoms with Crippen molar-refractivity contribution >= 4 is 29.9 Å². The Balaban J connectivity index is 0. The van der Waals surface area contributed by atoms with E-state index in [9.17, 15) is 9.90 Å². The molecule has 0 fully saturated rings. The zero-order valence-corrected chi connectivity index (χ0v) is 17.2. The first-order valence-electron chi connectivity index (χ1n) is 8.01. The molecule has 1 unspecified atom stereocenters. The molecule has 1 atom stereocenters. The quantitative estimate of drug-likeness (QED) is 0.418. The fourth-order valence-corrected chi connectivity index (χ4v) is 2.68. The average Bonchev–Trinajstić information content (AvgIpc) is 2.52. The van der Waals surface area contributed by atoms with Crippen molar-refractivity contribution in [1.29, 1.82) is 0 Å². The highest BCUT2D eigenvalue weighted by Crippen LogP contribution is 2.30. The molecule has 0 aromatic heterocycles. The van der Waals surface area contributed by atoms with Crippen molar-refractivity contribution in [2.24, 2.45) is 0 Å². The van der Waals surface area contributed by atoms with Gasteiger partial charge in [0.15, 0.2) is 0 Å². The normalized spacial score (nSPS) is 11.8. The summed E-state index contributed by atoms with van der Waals surface area (Å²) in [5.41, 5.74) is 0.474. The summed E-state index contributed by atoms with van der Waals surface area (Å²) < 4.78 is 5.85. The summed E-state index contributed by atoms with van der Waals surface area (Å²) >= 11 is 0. The Labute approximate surface area is 157 Å². The van der Waals surface area contributed by atoms with Gasteiger partial charge in [-0.3, -0.25) is 4.79 Å². The molecular weight excluding hydrogens is 405 g/mol. The van der Waals surface area contributed by atoms with Crippen LogP contribution in [0.3, 0.4) is 0 Å². The number of esters is 1. The number of aliphatic hydroxyl groups excluding tert-OH is 1. The lowest BCUT2D eigenvalue weighted by Crippen LogP contribution is -2.36. The van der Waals surface area contributed by atoms with E-state index in [2.05, 4.69) is 6.92 Å². The molecule has 0 aliphatic rings. The van der Waals surface area contributed by atoms with Crippen molar-refractivity contribution in [2.45, 2.75) is 64.4 Å². The Morgan fingerprint density at radius 3 is 2.17 bits per heavy atom. The van der Waals surface area contributed by atoms with E-state index in [4.69, 9.17) is 4.74 Å². The first-order chi connectivity index (χ1) is 10.1. The fourth-order valence-electron chi connectivity index (χ4n) is 2.68. The maximum atomic E-state index is 12.6. The van der Waals surface area contributed by atoms with Gasteiger partial charge in [-0.1, -0.05) is 57.5 Å². The van der Waals surface area contributed by atoms with E-state index in [1.807, 2.05) is 44.2 Å². The molecule has 0 saturated heterocycles. The Morgan fingerprint density at radius 1 is 1.17 bits per heavy atom. The molecule has 0 radical (unpaired) electrons. The van der Waals surface area contributed by atoms with Crippen LogP contribution in [-0.2, 0) is 9.53 Å². The molecular formula is C18H33INO3+. The van der Waals surface area contributed by atoms with E-state index < -0.39 is 5.60 Å². The summed E-state index contributed by atoms with van der Waals surface area (Å²) in [5.74, 6) is -0.382. The van der Waals surface area contributed by atoms with Gasteiger partial charge in [0.25, 0.3) is 0 Å². The second-order valence-electron chi connectivity index (χ2n) is 5.54. The number of ether oxygens (including phenoxy) is 1. The Morgan fingerprint density at radius 2 is 1.74 bits per heavy atom. The predicted molar refractivity (Wildman–Crippen MR) is 107 cm³/mol. The lowest BCUT2D eigenvalue weighted by molar-refractivity contribution is -0.164. The van der Waals surface area contributed by atoms with Crippen LogP contribution in [0, 0.1) is 0 Å². The fraction of sp³-hybridized carbons (Fsp3) is 0.611. The minimum Gasteiger partial charge on any atom is -0.459 e. The monoisotopic (exact) mass is 438 g/mol. The van der Waals surface area contributed by atoms with Gasteiger partial charge in [0.1, 0.15) is 5.60 Å². The highest BCUT2D eigenvalue weighted by molar-refractivity contribution is 14.0. The first kappa shape index (κ1) is 24.6. The largest absolute Gasteiger partial charge is 0.459 e. The lowest BCUT2D eigenvalue weighted by atomic mass is 9.91. The van der Waals surface area contributed by atoms with Crippen molar-refractivity contribution in [3.63, 3.8) is 0 Å². The highest BCUT2D eigenvalue weighted by Gasteiger charge is 2.33. The number of carbonyl (C=O) groups is 1. The molecule has 1 aromatic carbocycles. The molecule has 0 heterocycles. The number of halogens is 1. The first-order valence-corrected chi connectivity index (χ1v) is 8.01. The molecule has 0 aliphatic heterocycles. The van der Waals surface area contributed by atoms with Crippen LogP contribution in [0.15, 0.2) is 30.3 Å². The Kier molecular flexibility index (Phi) is 13.6. The molecule has 1 aromatic rings. The summed E-state index contributed by atoms with van der Waals surface area (Å²) in [7, 11) is 0. The van der Waals surface area contributed by atoms with Crippen LogP contribution in [-0.4, -0.2) is 23.3 Å². The number of aliphatic hydroxyl groups is 1. The topological polar surface area (TPSA) is 83.0 Å². The van der Waals surface area contributed by atoms with Crippen molar-refractivity contribution in [3.8, 4) is 0 Å². The van der Waals surface area contributed by atoms with Crippen LogP contribution >= 0.6 is 24.0 Å². The molecule has 0 saturated carbocycles. The van der Waals surface area contributed by atoms with Crippen LogP contribution in [0.2, 0.25) is 0 Å². The van der Waals surface area contributed by atoms with Crippen molar-refractivity contribution < 1.29 is 14.6 Å². The van der Waals surface area contributed by atoms with Crippen LogP contribution in [0.25, 0.3) is 0 Å². The van der Waals surface area contributed by atoms with Gasteiger partial charge < -0.3 is 16.0 Å². The number of rotatable bonds is 9. The average molecular weight is 438 g/mol. The summed E-state index contributed by atoms with van der Waals surface area (Å²) in [5, 5.41) is 9.24. The minimum absolute atomic E-state index is 0. The zero-order chi connectivity index (χ0) is 15.7. The van der Waals surface area contributed by atoms with Gasteiger partial charge in [0.2, 0.25) is 0 Å². The Bertz CT molecular complexity index is 422. The maximum Gasteiger partial charge on any atom is 0.313 e. The van der Waals surface area contributed by atoms with Crippen LogP contribution < -0.4 is 6.15 Å². The summed E-state index contributed by atoms with van der Waals surface area (Å²) in [4.78, 5) is 12.6. The summed E-state index contributed by atoms with van der Waals surface area (Å²) in [6.45, 7) is 6.12. The third kappa shape index (κ3) is 7.18. The number of carbonyl (C=O) groups excluding carboxylic acids is 1. The molecule has 1 rings (SSSR count). The Hall–Kier alpha value is -0.660. The second kappa shape index (κ2) is 12.7. The minimum atomic E-state index is -0.535. The van der Waals surface area contributed by atoms with E-state index in [1.165, 1.54) is 0 Å². The van der Waals surface area contributed by atoms with E-state index in [0.29, 0.717) is 6.42 Å². The second-order valence-corrected chi connectivity index (χ2v) is 5.54. The summed E-state index contributed by atoms with van der Waals surface area (Å²) in [6.07, 6.45) is 3.66. The van der Waals surface area contributed by atoms with Gasteiger partial charge in [0.05, 0.1) is 5.92 Å². The van der Waals surface area contributed by atoms with E-state index in [1.54, 1.807) is 0 Å². The van der Waals surface area contributed by atoms with E-state index in [0.717, 1.165) is 31.2 Å². The highest BCUT2D eigenvalue weighted by atomic mass is 127. The number of quaternary nitrogens is 1. The predicted octanol–water partition coefficient (Wildman–Crippen LogP) is 5.05. The van der Waals surface area contributed by atoms with Gasteiger partial charge in [0, 0.05) is 13.0 Å². The molecule has 0 aliphatic carbocycles. The number of benzene rings is 1. The molecule has 0 amide bonds. The third-order valence-corrected chi connectivity index (χ3v) is 4.24. The van der Waals surface area contributed by atoms with Gasteiger partial charge in [-0.2, -0.15) is 0 Å². The number of hydrogen-bond donors (Lipinski definition) is 2. The van der Waals surface area contributed by atoms with E-state index >= 15 is 0 Å². The van der Waals surface area contributed by atoms with E-state index in [-0.39, 0.29) is 48.6 Å².